The summed E-state index contributed by atoms with van der Waals surface area (Å²) < 4.78 is 0. The SMILES string of the molecule is CC(C(=O)Nc1ccccc1N1CCCC1)C(N)c1ccccc1. The fourth-order valence-corrected chi connectivity index (χ4v) is 3.19. The molecule has 2 aromatic rings. The van der Waals surface area contributed by atoms with Crippen LogP contribution < -0.4 is 16.0 Å². The third-order valence-electron chi connectivity index (χ3n) is 4.75. The Morgan fingerprint density at radius 3 is 2.38 bits per heavy atom. The molecule has 4 nitrogen and oxygen atoms in total. The molecule has 1 aliphatic heterocycles. The van der Waals surface area contributed by atoms with Crippen LogP contribution >= 0.6 is 0 Å². The second-order valence-corrected chi connectivity index (χ2v) is 6.43. The minimum absolute atomic E-state index is 0.0435. The lowest BCUT2D eigenvalue weighted by Crippen LogP contribution is -2.31. The smallest absolute Gasteiger partial charge is 0.229 e. The highest BCUT2D eigenvalue weighted by atomic mass is 16.1. The molecule has 2 aromatic carbocycles. The van der Waals surface area contributed by atoms with Gasteiger partial charge in [0.2, 0.25) is 5.91 Å². The summed E-state index contributed by atoms with van der Waals surface area (Å²) in [5.41, 5.74) is 9.23. The van der Waals surface area contributed by atoms with Crippen molar-refractivity contribution in [2.24, 2.45) is 11.7 Å². The number of carbonyl (C=O) groups excluding carboxylic acids is 1. The Balaban J connectivity index is 1.73. The topological polar surface area (TPSA) is 58.4 Å². The van der Waals surface area contributed by atoms with Crippen molar-refractivity contribution in [2.45, 2.75) is 25.8 Å². The van der Waals surface area contributed by atoms with E-state index in [1.165, 1.54) is 12.8 Å². The van der Waals surface area contributed by atoms with E-state index in [1.54, 1.807) is 0 Å². The van der Waals surface area contributed by atoms with Crippen molar-refractivity contribution in [3.63, 3.8) is 0 Å². The molecule has 0 spiro atoms. The van der Waals surface area contributed by atoms with Gasteiger partial charge in [0.1, 0.15) is 0 Å². The molecule has 1 aliphatic rings. The minimum Gasteiger partial charge on any atom is -0.370 e. The molecule has 2 unspecified atom stereocenters. The highest BCUT2D eigenvalue weighted by Crippen LogP contribution is 2.30. The zero-order valence-electron chi connectivity index (χ0n) is 14.1. The third-order valence-corrected chi connectivity index (χ3v) is 4.75. The molecular formula is C20H25N3O. The number of hydrogen-bond donors (Lipinski definition) is 2. The van der Waals surface area contributed by atoms with E-state index < -0.39 is 0 Å². The maximum atomic E-state index is 12.7. The van der Waals surface area contributed by atoms with Gasteiger partial charge in [-0.2, -0.15) is 0 Å². The van der Waals surface area contributed by atoms with Gasteiger partial charge in [0.15, 0.2) is 0 Å². The number of carbonyl (C=O) groups is 1. The van der Waals surface area contributed by atoms with Gasteiger partial charge in [0, 0.05) is 19.1 Å². The van der Waals surface area contributed by atoms with Gasteiger partial charge in [-0.1, -0.05) is 49.4 Å². The summed E-state index contributed by atoms with van der Waals surface area (Å²) in [5.74, 6) is -0.350. The van der Waals surface area contributed by atoms with E-state index in [0.29, 0.717) is 0 Å². The van der Waals surface area contributed by atoms with Crippen LogP contribution in [0, 0.1) is 5.92 Å². The van der Waals surface area contributed by atoms with E-state index in [9.17, 15) is 4.79 Å². The van der Waals surface area contributed by atoms with Gasteiger partial charge >= 0.3 is 0 Å². The summed E-state index contributed by atoms with van der Waals surface area (Å²) in [5, 5.41) is 3.08. The van der Waals surface area contributed by atoms with Crippen LogP contribution in [0.15, 0.2) is 54.6 Å². The molecule has 3 N–H and O–H groups in total. The second-order valence-electron chi connectivity index (χ2n) is 6.43. The van der Waals surface area contributed by atoms with E-state index in [1.807, 2.05) is 55.5 Å². The van der Waals surface area contributed by atoms with Gasteiger partial charge in [-0.15, -0.1) is 0 Å². The highest BCUT2D eigenvalue weighted by Gasteiger charge is 2.24. The molecule has 1 heterocycles. The van der Waals surface area contributed by atoms with Crippen molar-refractivity contribution in [1.82, 2.24) is 0 Å². The molecule has 2 atom stereocenters. The first-order valence-corrected chi connectivity index (χ1v) is 8.62. The minimum atomic E-state index is -0.315. The molecule has 0 radical (unpaired) electrons. The van der Waals surface area contributed by atoms with Gasteiger partial charge in [-0.3, -0.25) is 4.79 Å². The largest absolute Gasteiger partial charge is 0.370 e. The number of nitrogens with one attached hydrogen (secondary N) is 1. The third kappa shape index (κ3) is 3.60. The lowest BCUT2D eigenvalue weighted by Gasteiger charge is -2.24. The Hall–Kier alpha value is -2.33. The quantitative estimate of drug-likeness (QED) is 0.884. The van der Waals surface area contributed by atoms with Crippen LogP contribution in [0.2, 0.25) is 0 Å². The average Bonchev–Trinajstić information content (AvgIpc) is 3.16. The fraction of sp³-hybridized carbons (Fsp3) is 0.350. The molecular weight excluding hydrogens is 298 g/mol. The first-order valence-electron chi connectivity index (χ1n) is 8.62. The van der Waals surface area contributed by atoms with E-state index in [0.717, 1.165) is 30.0 Å². The van der Waals surface area contributed by atoms with Crippen LogP contribution in [0.3, 0.4) is 0 Å². The molecule has 0 bridgehead atoms. The molecule has 0 aliphatic carbocycles. The number of anilines is 2. The normalized spacial score (nSPS) is 16.7. The summed E-state index contributed by atoms with van der Waals surface area (Å²) in [7, 11) is 0. The molecule has 3 rings (SSSR count). The monoisotopic (exact) mass is 323 g/mol. The highest BCUT2D eigenvalue weighted by molar-refractivity contribution is 5.96. The van der Waals surface area contributed by atoms with Crippen molar-refractivity contribution in [3.8, 4) is 0 Å². The number of hydrogen-bond acceptors (Lipinski definition) is 3. The first kappa shape index (κ1) is 16.5. The van der Waals surface area contributed by atoms with Crippen LogP contribution in [0.25, 0.3) is 0 Å². The Morgan fingerprint density at radius 1 is 1.04 bits per heavy atom. The van der Waals surface area contributed by atoms with Gasteiger partial charge in [0.25, 0.3) is 0 Å². The molecule has 1 saturated heterocycles. The number of para-hydroxylation sites is 2. The van der Waals surface area contributed by atoms with Crippen LogP contribution in [0.1, 0.15) is 31.4 Å². The van der Waals surface area contributed by atoms with Crippen molar-refractivity contribution >= 4 is 17.3 Å². The van der Waals surface area contributed by atoms with Gasteiger partial charge < -0.3 is 16.0 Å². The summed E-state index contributed by atoms with van der Waals surface area (Å²) in [6, 6.07) is 17.5. The summed E-state index contributed by atoms with van der Waals surface area (Å²) in [6.07, 6.45) is 2.41. The second kappa shape index (κ2) is 7.49. The molecule has 126 valence electrons. The summed E-state index contributed by atoms with van der Waals surface area (Å²) in [4.78, 5) is 15.0. The zero-order chi connectivity index (χ0) is 16.9. The fourth-order valence-electron chi connectivity index (χ4n) is 3.19. The zero-order valence-corrected chi connectivity index (χ0v) is 14.1. The predicted molar refractivity (Wildman–Crippen MR) is 99.1 cm³/mol. The molecule has 4 heteroatoms. The Morgan fingerprint density at radius 2 is 1.67 bits per heavy atom. The molecule has 0 aromatic heterocycles. The van der Waals surface area contributed by atoms with Crippen molar-refractivity contribution in [1.29, 1.82) is 0 Å². The summed E-state index contributed by atoms with van der Waals surface area (Å²) >= 11 is 0. The molecule has 0 saturated carbocycles. The average molecular weight is 323 g/mol. The van der Waals surface area contributed by atoms with Crippen LogP contribution in [0.5, 0.6) is 0 Å². The molecule has 1 fully saturated rings. The maximum absolute atomic E-state index is 12.7. The standard InChI is InChI=1S/C20H25N3O/c1-15(19(21)16-9-3-2-4-10-16)20(24)22-17-11-5-6-12-18(17)23-13-7-8-14-23/h2-6,9-12,15,19H,7-8,13-14,21H2,1H3,(H,22,24). The maximum Gasteiger partial charge on any atom is 0.229 e. The van der Waals surface area contributed by atoms with E-state index in [4.69, 9.17) is 5.73 Å². The Kier molecular flexibility index (Phi) is 5.16. The van der Waals surface area contributed by atoms with E-state index >= 15 is 0 Å². The number of amides is 1. The van der Waals surface area contributed by atoms with Crippen LogP contribution in [0.4, 0.5) is 11.4 Å². The predicted octanol–water partition coefficient (Wildman–Crippen LogP) is 3.56. The Bertz CT molecular complexity index is 680. The van der Waals surface area contributed by atoms with Crippen LogP contribution in [-0.4, -0.2) is 19.0 Å². The lowest BCUT2D eigenvalue weighted by molar-refractivity contribution is -0.120. The van der Waals surface area contributed by atoms with Crippen molar-refractivity contribution < 1.29 is 4.79 Å². The Labute approximate surface area is 143 Å². The van der Waals surface area contributed by atoms with Gasteiger partial charge in [-0.25, -0.2) is 0 Å². The van der Waals surface area contributed by atoms with Crippen molar-refractivity contribution in [2.75, 3.05) is 23.3 Å². The van der Waals surface area contributed by atoms with Crippen molar-refractivity contribution in [3.05, 3.63) is 60.2 Å². The lowest BCUT2D eigenvalue weighted by atomic mass is 9.94. The first-order chi connectivity index (χ1) is 11.7. The number of rotatable bonds is 5. The number of benzene rings is 2. The van der Waals surface area contributed by atoms with Crippen LogP contribution in [-0.2, 0) is 4.79 Å². The van der Waals surface area contributed by atoms with E-state index in [-0.39, 0.29) is 17.9 Å². The van der Waals surface area contributed by atoms with Gasteiger partial charge in [0.05, 0.1) is 17.3 Å². The summed E-state index contributed by atoms with van der Waals surface area (Å²) in [6.45, 7) is 3.98. The molecule has 24 heavy (non-hydrogen) atoms. The number of nitrogens with zero attached hydrogens (tertiary/aromatic N) is 1. The van der Waals surface area contributed by atoms with E-state index in [2.05, 4.69) is 16.3 Å². The molecule has 1 amide bonds. The van der Waals surface area contributed by atoms with Gasteiger partial charge in [-0.05, 0) is 30.5 Å². The number of nitrogens with two attached hydrogens (primary N) is 1.